The number of aromatic nitrogens is 3. The molecule has 0 bridgehead atoms. The van der Waals surface area contributed by atoms with Crippen LogP contribution in [0.5, 0.6) is 0 Å². The molecule has 0 aliphatic carbocycles. The van der Waals surface area contributed by atoms with E-state index in [9.17, 15) is 18.0 Å². The SMILES string of the molecule is O=C(Nc1ccc(-n2cnc3cnccc32)cc1)Nc1ccc(Cl)c(C(F)(F)F)c1. The first-order chi connectivity index (χ1) is 14.3. The number of benzene rings is 2. The number of nitrogens with zero attached hydrogens (tertiary/aromatic N) is 3. The summed E-state index contributed by atoms with van der Waals surface area (Å²) in [4.78, 5) is 20.5. The molecule has 152 valence electrons. The molecule has 2 heterocycles. The molecule has 30 heavy (non-hydrogen) atoms. The zero-order valence-corrected chi connectivity index (χ0v) is 15.9. The highest BCUT2D eigenvalue weighted by Crippen LogP contribution is 2.36. The maximum Gasteiger partial charge on any atom is 0.417 e. The van der Waals surface area contributed by atoms with E-state index in [-0.39, 0.29) is 5.69 Å². The van der Waals surface area contributed by atoms with E-state index in [4.69, 9.17) is 11.6 Å². The van der Waals surface area contributed by atoms with Crippen molar-refractivity contribution in [2.45, 2.75) is 6.18 Å². The number of amides is 2. The molecule has 0 saturated carbocycles. The van der Waals surface area contributed by atoms with Gasteiger partial charge in [0.05, 0.1) is 22.3 Å². The molecule has 2 amide bonds. The van der Waals surface area contributed by atoms with Gasteiger partial charge in [-0.3, -0.25) is 9.55 Å². The van der Waals surface area contributed by atoms with Gasteiger partial charge < -0.3 is 10.6 Å². The Hall–Kier alpha value is -3.59. The number of nitrogens with one attached hydrogen (secondary N) is 2. The molecule has 4 rings (SSSR count). The van der Waals surface area contributed by atoms with E-state index in [1.165, 1.54) is 6.07 Å². The monoisotopic (exact) mass is 431 g/mol. The number of halogens is 4. The van der Waals surface area contributed by atoms with E-state index < -0.39 is 22.8 Å². The third-order valence-electron chi connectivity index (χ3n) is 4.28. The highest BCUT2D eigenvalue weighted by molar-refractivity contribution is 6.31. The minimum atomic E-state index is -4.62. The third kappa shape index (κ3) is 4.06. The summed E-state index contributed by atoms with van der Waals surface area (Å²) in [7, 11) is 0. The third-order valence-corrected chi connectivity index (χ3v) is 4.61. The van der Waals surface area contributed by atoms with Crippen molar-refractivity contribution < 1.29 is 18.0 Å². The first-order valence-corrected chi connectivity index (χ1v) is 9.01. The summed E-state index contributed by atoms with van der Waals surface area (Å²) in [5, 5.41) is 4.50. The molecule has 0 spiro atoms. The predicted molar refractivity (Wildman–Crippen MR) is 108 cm³/mol. The van der Waals surface area contributed by atoms with Crippen molar-refractivity contribution in [3.05, 3.63) is 77.8 Å². The number of alkyl halides is 3. The molecule has 0 saturated heterocycles. The van der Waals surface area contributed by atoms with Crippen LogP contribution in [0.25, 0.3) is 16.7 Å². The number of hydrogen-bond donors (Lipinski definition) is 2. The van der Waals surface area contributed by atoms with Crippen molar-refractivity contribution in [2.75, 3.05) is 10.6 Å². The molecule has 0 unspecified atom stereocenters. The minimum absolute atomic E-state index is 0.0284. The number of carbonyl (C=O) groups excluding carboxylic acids is 1. The van der Waals surface area contributed by atoms with Gasteiger partial charge in [0.2, 0.25) is 0 Å². The van der Waals surface area contributed by atoms with Crippen molar-refractivity contribution in [1.29, 1.82) is 0 Å². The zero-order chi connectivity index (χ0) is 21.3. The van der Waals surface area contributed by atoms with Crippen LogP contribution in [0, 0.1) is 0 Å². The Balaban J connectivity index is 1.47. The lowest BCUT2D eigenvalue weighted by molar-refractivity contribution is -0.137. The van der Waals surface area contributed by atoms with E-state index in [1.807, 2.05) is 10.6 Å². The van der Waals surface area contributed by atoms with Gasteiger partial charge in [-0.25, -0.2) is 9.78 Å². The lowest BCUT2D eigenvalue weighted by Gasteiger charge is -2.12. The second kappa shape index (κ2) is 7.68. The molecular weight excluding hydrogens is 419 g/mol. The number of imidazole rings is 1. The number of fused-ring (bicyclic) bond motifs is 1. The Morgan fingerprint density at radius 2 is 1.70 bits per heavy atom. The molecule has 6 nitrogen and oxygen atoms in total. The Kier molecular flexibility index (Phi) is 5.04. The fourth-order valence-corrected chi connectivity index (χ4v) is 3.11. The smallest absolute Gasteiger partial charge is 0.308 e. The highest BCUT2D eigenvalue weighted by Gasteiger charge is 2.33. The molecule has 0 aliphatic rings. The predicted octanol–water partition coefficient (Wildman–Crippen LogP) is 5.74. The van der Waals surface area contributed by atoms with E-state index in [2.05, 4.69) is 20.6 Å². The average Bonchev–Trinajstić information content (AvgIpc) is 3.13. The van der Waals surface area contributed by atoms with Crippen LogP contribution >= 0.6 is 11.6 Å². The summed E-state index contributed by atoms with van der Waals surface area (Å²) in [5.41, 5.74) is 1.87. The minimum Gasteiger partial charge on any atom is -0.308 e. The van der Waals surface area contributed by atoms with Gasteiger partial charge in [-0.1, -0.05) is 11.6 Å². The normalized spacial score (nSPS) is 11.5. The van der Waals surface area contributed by atoms with Crippen molar-refractivity contribution >= 4 is 40.0 Å². The summed E-state index contributed by atoms with van der Waals surface area (Å²) in [5.74, 6) is 0. The van der Waals surface area contributed by atoms with Gasteiger partial charge in [0, 0.05) is 23.3 Å². The average molecular weight is 432 g/mol. The van der Waals surface area contributed by atoms with Crippen LogP contribution in [0.1, 0.15) is 5.56 Å². The summed E-state index contributed by atoms with van der Waals surface area (Å²) >= 11 is 5.58. The first kappa shape index (κ1) is 19.7. The van der Waals surface area contributed by atoms with Gasteiger partial charge in [-0.05, 0) is 48.5 Å². The quantitative estimate of drug-likeness (QED) is 0.434. The zero-order valence-electron chi connectivity index (χ0n) is 15.1. The number of carbonyl (C=O) groups is 1. The van der Waals surface area contributed by atoms with Gasteiger partial charge in [0.15, 0.2) is 0 Å². The topological polar surface area (TPSA) is 71.8 Å². The molecule has 0 radical (unpaired) electrons. The van der Waals surface area contributed by atoms with Gasteiger partial charge in [-0.15, -0.1) is 0 Å². The molecule has 0 atom stereocenters. The van der Waals surface area contributed by atoms with Crippen LogP contribution in [0.2, 0.25) is 5.02 Å². The molecule has 2 aromatic carbocycles. The molecule has 0 fully saturated rings. The van der Waals surface area contributed by atoms with Crippen LogP contribution in [0.15, 0.2) is 67.3 Å². The maximum absolute atomic E-state index is 12.9. The maximum atomic E-state index is 12.9. The highest BCUT2D eigenvalue weighted by atomic mass is 35.5. The summed E-state index contributed by atoms with van der Waals surface area (Å²) in [6.07, 6.45) is 0.379. The second-order valence-corrected chi connectivity index (χ2v) is 6.70. The Morgan fingerprint density at radius 1 is 1.00 bits per heavy atom. The van der Waals surface area contributed by atoms with E-state index in [1.54, 1.807) is 43.0 Å². The van der Waals surface area contributed by atoms with Crippen LogP contribution < -0.4 is 10.6 Å². The number of anilines is 2. The summed E-state index contributed by atoms with van der Waals surface area (Å²) in [6, 6.07) is 11.2. The Bertz CT molecular complexity index is 1220. The standard InChI is InChI=1S/C20H13ClF3N5O/c21-16-6-3-13(9-15(16)20(22,23)24)28-19(30)27-12-1-4-14(5-2-12)29-11-26-17-10-25-8-7-18(17)29/h1-11H,(H2,27,28,30). The molecule has 4 aromatic rings. The van der Waals surface area contributed by atoms with Crippen LogP contribution in [0.3, 0.4) is 0 Å². The van der Waals surface area contributed by atoms with E-state index in [0.717, 1.165) is 28.9 Å². The first-order valence-electron chi connectivity index (χ1n) is 8.63. The molecule has 0 aliphatic heterocycles. The van der Waals surface area contributed by atoms with Gasteiger partial charge in [0.25, 0.3) is 0 Å². The summed E-state index contributed by atoms with van der Waals surface area (Å²) in [6.45, 7) is 0. The van der Waals surface area contributed by atoms with Crippen molar-refractivity contribution in [3.63, 3.8) is 0 Å². The second-order valence-electron chi connectivity index (χ2n) is 6.30. The van der Waals surface area contributed by atoms with Gasteiger partial charge in [0.1, 0.15) is 11.8 Å². The van der Waals surface area contributed by atoms with Crippen molar-refractivity contribution in [2.24, 2.45) is 0 Å². The van der Waals surface area contributed by atoms with E-state index >= 15 is 0 Å². The Labute approximate surface area is 173 Å². The van der Waals surface area contributed by atoms with Crippen LogP contribution in [-0.2, 0) is 6.18 Å². The molecular formula is C20H13ClF3N5O. The van der Waals surface area contributed by atoms with E-state index in [0.29, 0.717) is 5.69 Å². The number of rotatable bonds is 3. The van der Waals surface area contributed by atoms with Crippen molar-refractivity contribution in [1.82, 2.24) is 14.5 Å². The fourth-order valence-electron chi connectivity index (χ4n) is 2.89. The molecule has 10 heteroatoms. The van der Waals surface area contributed by atoms with Gasteiger partial charge in [-0.2, -0.15) is 13.2 Å². The number of urea groups is 1. The number of pyridine rings is 1. The van der Waals surface area contributed by atoms with Crippen molar-refractivity contribution in [3.8, 4) is 5.69 Å². The largest absolute Gasteiger partial charge is 0.417 e. The lowest BCUT2D eigenvalue weighted by Crippen LogP contribution is -2.20. The van der Waals surface area contributed by atoms with Crippen LogP contribution in [0.4, 0.5) is 29.3 Å². The lowest BCUT2D eigenvalue weighted by atomic mass is 10.2. The van der Waals surface area contributed by atoms with Gasteiger partial charge >= 0.3 is 12.2 Å². The fraction of sp³-hybridized carbons (Fsp3) is 0.0500. The Morgan fingerprint density at radius 3 is 2.43 bits per heavy atom. The molecule has 2 N–H and O–H groups in total. The number of hydrogen-bond acceptors (Lipinski definition) is 3. The molecule has 2 aromatic heterocycles. The summed E-state index contributed by atoms with van der Waals surface area (Å²) < 4.78 is 40.7. The van der Waals surface area contributed by atoms with Crippen LogP contribution in [-0.4, -0.2) is 20.6 Å².